The van der Waals surface area contributed by atoms with Gasteiger partial charge in [0.05, 0.1) is 4.90 Å². The van der Waals surface area contributed by atoms with Gasteiger partial charge in [0.1, 0.15) is 4.88 Å². The minimum Gasteiger partial charge on any atom is -0.477 e. The Kier molecular flexibility index (Phi) is 5.51. The van der Waals surface area contributed by atoms with Crippen LogP contribution >= 0.6 is 11.3 Å². The molecule has 0 radical (unpaired) electrons. The molecule has 0 aliphatic rings. The minimum atomic E-state index is -3.59. The summed E-state index contributed by atoms with van der Waals surface area (Å²) in [4.78, 5) is 11.6. The second-order valence-electron chi connectivity index (χ2n) is 4.24. The molecule has 0 atom stereocenters. The van der Waals surface area contributed by atoms with Gasteiger partial charge in [-0.25, -0.2) is 13.2 Å². The van der Waals surface area contributed by atoms with Gasteiger partial charge in [-0.15, -0.1) is 11.3 Å². The van der Waals surface area contributed by atoms with E-state index in [1.54, 1.807) is 6.92 Å². The molecule has 7 heteroatoms. The van der Waals surface area contributed by atoms with Gasteiger partial charge in [-0.1, -0.05) is 13.8 Å². The molecule has 1 aromatic heterocycles. The van der Waals surface area contributed by atoms with Crippen LogP contribution in [0.3, 0.4) is 0 Å². The van der Waals surface area contributed by atoms with Crippen molar-refractivity contribution in [3.05, 3.63) is 15.8 Å². The highest BCUT2D eigenvalue weighted by Crippen LogP contribution is 2.28. The van der Waals surface area contributed by atoms with Gasteiger partial charge in [-0.05, 0) is 25.8 Å². The molecule has 19 heavy (non-hydrogen) atoms. The molecule has 0 spiro atoms. The van der Waals surface area contributed by atoms with Crippen LogP contribution in [0.2, 0.25) is 0 Å². The number of hydrogen-bond acceptors (Lipinski definition) is 4. The van der Waals surface area contributed by atoms with E-state index in [2.05, 4.69) is 0 Å². The van der Waals surface area contributed by atoms with Crippen molar-refractivity contribution in [2.75, 3.05) is 13.1 Å². The molecule has 0 amide bonds. The molecule has 1 N–H and O–H groups in total. The molecule has 0 aromatic carbocycles. The molecule has 0 unspecified atom stereocenters. The first-order valence-electron chi connectivity index (χ1n) is 6.18. The predicted molar refractivity (Wildman–Crippen MR) is 75.4 cm³/mol. The number of thiophene rings is 1. The van der Waals surface area contributed by atoms with E-state index in [0.717, 1.165) is 24.2 Å². The van der Waals surface area contributed by atoms with E-state index in [0.29, 0.717) is 18.0 Å². The summed E-state index contributed by atoms with van der Waals surface area (Å²) in [6, 6.07) is 1.26. The topological polar surface area (TPSA) is 74.7 Å². The highest BCUT2D eigenvalue weighted by atomic mass is 32.2. The van der Waals surface area contributed by atoms with Crippen LogP contribution in [0.25, 0.3) is 0 Å². The van der Waals surface area contributed by atoms with Gasteiger partial charge in [0.25, 0.3) is 0 Å². The van der Waals surface area contributed by atoms with Gasteiger partial charge >= 0.3 is 5.97 Å². The highest BCUT2D eigenvalue weighted by molar-refractivity contribution is 7.89. The molecule has 0 saturated carbocycles. The maximum absolute atomic E-state index is 12.5. The Morgan fingerprint density at radius 1 is 1.32 bits per heavy atom. The normalized spacial score (nSPS) is 12.0. The van der Waals surface area contributed by atoms with Crippen molar-refractivity contribution >= 4 is 27.3 Å². The van der Waals surface area contributed by atoms with E-state index in [4.69, 9.17) is 5.11 Å². The molecule has 0 saturated heterocycles. The lowest BCUT2D eigenvalue weighted by Gasteiger charge is -2.20. The van der Waals surface area contributed by atoms with Gasteiger partial charge < -0.3 is 5.11 Å². The summed E-state index contributed by atoms with van der Waals surface area (Å²) in [7, 11) is -3.59. The first-order valence-corrected chi connectivity index (χ1v) is 8.44. The fourth-order valence-electron chi connectivity index (χ4n) is 1.82. The Bertz CT molecular complexity index is 542. The first-order chi connectivity index (χ1) is 8.84. The average Bonchev–Trinajstić information content (AvgIpc) is 2.72. The minimum absolute atomic E-state index is 0.0593. The summed E-state index contributed by atoms with van der Waals surface area (Å²) in [5.74, 6) is -1.09. The number of carboxylic acids is 1. The Hall–Kier alpha value is -0.920. The predicted octanol–water partition coefficient (Wildman–Crippen LogP) is 2.57. The third-order valence-electron chi connectivity index (χ3n) is 2.65. The molecule has 1 rings (SSSR count). The Morgan fingerprint density at radius 3 is 2.21 bits per heavy atom. The molecule has 1 heterocycles. The summed E-state index contributed by atoms with van der Waals surface area (Å²) in [5, 5.41) is 8.94. The standard InChI is InChI=1S/C12H19NO4S2/c1-4-6-13(7-5-2)19(16,17)11-8-10(12(14)15)18-9(11)3/h8H,4-7H2,1-3H3,(H,14,15). The van der Waals surface area contributed by atoms with Crippen LogP contribution in [-0.2, 0) is 10.0 Å². The van der Waals surface area contributed by atoms with Gasteiger partial charge in [-0.3, -0.25) is 0 Å². The van der Waals surface area contributed by atoms with Crippen molar-refractivity contribution in [2.45, 2.75) is 38.5 Å². The molecule has 0 bridgehead atoms. The van der Waals surface area contributed by atoms with E-state index in [1.165, 1.54) is 10.4 Å². The zero-order valence-corrected chi connectivity index (χ0v) is 13.0. The van der Waals surface area contributed by atoms with Crippen molar-refractivity contribution in [1.82, 2.24) is 4.31 Å². The zero-order chi connectivity index (χ0) is 14.6. The lowest BCUT2D eigenvalue weighted by Crippen LogP contribution is -2.32. The number of sulfonamides is 1. The quantitative estimate of drug-likeness (QED) is 0.840. The van der Waals surface area contributed by atoms with E-state index in [1.807, 2.05) is 13.8 Å². The summed E-state index contributed by atoms with van der Waals surface area (Å²) in [6.07, 6.45) is 1.46. The Morgan fingerprint density at radius 2 is 1.84 bits per heavy atom. The van der Waals surface area contributed by atoms with Crippen LogP contribution in [0.15, 0.2) is 11.0 Å². The molecule has 0 aliphatic heterocycles. The summed E-state index contributed by atoms with van der Waals surface area (Å²) < 4.78 is 26.4. The summed E-state index contributed by atoms with van der Waals surface area (Å²) >= 11 is 0.998. The van der Waals surface area contributed by atoms with E-state index in [-0.39, 0.29) is 9.77 Å². The molecule has 0 fully saturated rings. The second kappa shape index (κ2) is 6.49. The van der Waals surface area contributed by atoms with E-state index >= 15 is 0 Å². The summed E-state index contributed by atoms with van der Waals surface area (Å²) in [5.41, 5.74) is 0. The SMILES string of the molecule is CCCN(CCC)S(=O)(=O)c1cc(C(=O)O)sc1C. The second-order valence-corrected chi connectivity index (χ2v) is 7.40. The molecular formula is C12H19NO4S2. The van der Waals surface area contributed by atoms with Gasteiger partial charge in [0.15, 0.2) is 0 Å². The number of carboxylic acid groups (broad SMARTS) is 1. The van der Waals surface area contributed by atoms with E-state index < -0.39 is 16.0 Å². The van der Waals surface area contributed by atoms with Crippen LogP contribution < -0.4 is 0 Å². The smallest absolute Gasteiger partial charge is 0.345 e. The maximum atomic E-state index is 12.5. The summed E-state index contributed by atoms with van der Waals surface area (Å²) in [6.45, 7) is 6.38. The zero-order valence-electron chi connectivity index (χ0n) is 11.3. The van der Waals surface area contributed by atoms with Gasteiger partial charge in [0.2, 0.25) is 10.0 Å². The number of carbonyl (C=O) groups is 1. The van der Waals surface area contributed by atoms with Crippen molar-refractivity contribution in [3.8, 4) is 0 Å². The number of hydrogen-bond donors (Lipinski definition) is 1. The molecule has 5 nitrogen and oxygen atoms in total. The van der Waals surface area contributed by atoms with E-state index in [9.17, 15) is 13.2 Å². The van der Waals surface area contributed by atoms with Crippen LogP contribution in [0, 0.1) is 6.92 Å². The average molecular weight is 305 g/mol. The van der Waals surface area contributed by atoms with Gasteiger partial charge in [-0.2, -0.15) is 4.31 Å². The number of aryl methyl sites for hydroxylation is 1. The first kappa shape index (κ1) is 16.1. The third kappa shape index (κ3) is 3.55. The molecule has 108 valence electrons. The fourth-order valence-corrected chi connectivity index (χ4v) is 4.84. The van der Waals surface area contributed by atoms with Crippen molar-refractivity contribution in [3.63, 3.8) is 0 Å². The molecular weight excluding hydrogens is 286 g/mol. The highest BCUT2D eigenvalue weighted by Gasteiger charge is 2.27. The van der Waals surface area contributed by atoms with Crippen LogP contribution in [0.4, 0.5) is 0 Å². The molecule has 0 aliphatic carbocycles. The van der Waals surface area contributed by atoms with Crippen molar-refractivity contribution in [2.24, 2.45) is 0 Å². The Labute approximate surface area is 117 Å². The van der Waals surface area contributed by atoms with Crippen LogP contribution in [-0.4, -0.2) is 36.9 Å². The monoisotopic (exact) mass is 305 g/mol. The maximum Gasteiger partial charge on any atom is 0.345 e. The lowest BCUT2D eigenvalue weighted by molar-refractivity contribution is 0.0702. The van der Waals surface area contributed by atoms with Crippen LogP contribution in [0.1, 0.15) is 41.2 Å². The van der Waals surface area contributed by atoms with Gasteiger partial charge in [0, 0.05) is 18.0 Å². The number of nitrogens with zero attached hydrogens (tertiary/aromatic N) is 1. The number of rotatable bonds is 7. The number of aromatic carboxylic acids is 1. The van der Waals surface area contributed by atoms with Crippen molar-refractivity contribution in [1.29, 1.82) is 0 Å². The largest absolute Gasteiger partial charge is 0.477 e. The third-order valence-corrected chi connectivity index (χ3v) is 5.84. The van der Waals surface area contributed by atoms with Crippen LogP contribution in [0.5, 0.6) is 0 Å². The molecule has 1 aromatic rings. The lowest BCUT2D eigenvalue weighted by atomic mass is 10.4. The Balaban J connectivity index is 3.20. The van der Waals surface area contributed by atoms with Crippen molar-refractivity contribution < 1.29 is 18.3 Å². The fraction of sp³-hybridized carbons (Fsp3) is 0.583.